The van der Waals surface area contributed by atoms with Crippen molar-refractivity contribution in [3.05, 3.63) is 70.7 Å². The van der Waals surface area contributed by atoms with Gasteiger partial charge < -0.3 is 11.1 Å². The van der Waals surface area contributed by atoms with Gasteiger partial charge in [0, 0.05) is 15.8 Å². The van der Waals surface area contributed by atoms with Crippen molar-refractivity contribution in [1.82, 2.24) is 0 Å². The van der Waals surface area contributed by atoms with E-state index in [2.05, 4.69) is 21.2 Å². The van der Waals surface area contributed by atoms with Crippen LogP contribution in [0.25, 0.3) is 10.8 Å². The number of halogens is 1. The number of carbonyl (C=O) groups excluding carboxylic acids is 1. The first-order chi connectivity index (χ1) is 10.1. The third kappa shape index (κ3) is 2.90. The van der Waals surface area contributed by atoms with Gasteiger partial charge >= 0.3 is 0 Å². The summed E-state index contributed by atoms with van der Waals surface area (Å²) in [6, 6.07) is 18.9. The van der Waals surface area contributed by atoms with Crippen molar-refractivity contribution in [2.45, 2.75) is 0 Å². The van der Waals surface area contributed by atoms with E-state index in [4.69, 9.17) is 5.73 Å². The molecule has 4 heteroatoms. The number of nitrogen functional groups attached to an aromatic ring is 1. The smallest absolute Gasteiger partial charge is 0.257 e. The van der Waals surface area contributed by atoms with Crippen LogP contribution in [0.1, 0.15) is 10.4 Å². The molecule has 0 spiro atoms. The van der Waals surface area contributed by atoms with E-state index in [1.54, 1.807) is 0 Å². The summed E-state index contributed by atoms with van der Waals surface area (Å²) >= 11 is 3.38. The van der Waals surface area contributed by atoms with Crippen LogP contribution in [0, 0.1) is 0 Å². The molecule has 0 fully saturated rings. The maximum atomic E-state index is 12.4. The van der Waals surface area contributed by atoms with Crippen LogP contribution >= 0.6 is 15.9 Å². The summed E-state index contributed by atoms with van der Waals surface area (Å²) in [6.45, 7) is 0. The number of amides is 1. The fourth-order valence-corrected chi connectivity index (χ4v) is 2.62. The third-order valence-corrected chi connectivity index (χ3v) is 3.74. The summed E-state index contributed by atoms with van der Waals surface area (Å²) in [6.07, 6.45) is 0. The molecule has 3 aromatic rings. The molecule has 0 aliphatic carbocycles. The van der Waals surface area contributed by atoms with E-state index in [0.717, 1.165) is 20.9 Å². The van der Waals surface area contributed by atoms with Gasteiger partial charge in [0.25, 0.3) is 5.91 Å². The minimum Gasteiger partial charge on any atom is -0.398 e. The quantitative estimate of drug-likeness (QED) is 0.677. The van der Waals surface area contributed by atoms with Gasteiger partial charge in [0.2, 0.25) is 0 Å². The summed E-state index contributed by atoms with van der Waals surface area (Å²) in [5.74, 6) is -0.212. The Bertz CT molecular complexity index is 830. The van der Waals surface area contributed by atoms with Crippen LogP contribution < -0.4 is 11.1 Å². The van der Waals surface area contributed by atoms with E-state index in [9.17, 15) is 4.79 Å². The van der Waals surface area contributed by atoms with Crippen molar-refractivity contribution in [2.24, 2.45) is 0 Å². The van der Waals surface area contributed by atoms with E-state index >= 15 is 0 Å². The summed E-state index contributed by atoms with van der Waals surface area (Å²) < 4.78 is 0.909. The molecule has 0 atom stereocenters. The first kappa shape index (κ1) is 13.6. The topological polar surface area (TPSA) is 55.1 Å². The van der Waals surface area contributed by atoms with E-state index in [0.29, 0.717) is 11.3 Å². The Kier molecular flexibility index (Phi) is 3.62. The first-order valence-corrected chi connectivity index (χ1v) is 7.28. The number of nitrogens with two attached hydrogens (primary N) is 1. The van der Waals surface area contributed by atoms with Crippen LogP contribution in [0.5, 0.6) is 0 Å². The summed E-state index contributed by atoms with van der Waals surface area (Å²) in [5.41, 5.74) is 7.68. The zero-order chi connectivity index (χ0) is 14.8. The van der Waals surface area contributed by atoms with Gasteiger partial charge in [-0.3, -0.25) is 4.79 Å². The molecule has 3 aromatic carbocycles. The predicted molar refractivity (Wildman–Crippen MR) is 90.5 cm³/mol. The number of benzene rings is 3. The molecule has 21 heavy (non-hydrogen) atoms. The second-order valence-corrected chi connectivity index (χ2v) is 5.67. The molecule has 0 aromatic heterocycles. The zero-order valence-electron chi connectivity index (χ0n) is 11.1. The number of hydrogen-bond donors (Lipinski definition) is 2. The number of hydrogen-bond acceptors (Lipinski definition) is 2. The standard InChI is InChI=1S/C17H13BrN2O/c18-13-6-3-7-14(10-13)20-17(21)15-8-11-4-1-2-5-12(11)9-16(15)19/h1-10H,19H2,(H,20,21). The number of carbonyl (C=O) groups is 1. The minimum atomic E-state index is -0.212. The molecule has 0 bridgehead atoms. The molecule has 0 saturated carbocycles. The Morgan fingerprint density at radius 1 is 0.952 bits per heavy atom. The molecule has 3 nitrogen and oxygen atoms in total. The molecular formula is C17H13BrN2O. The van der Waals surface area contributed by atoms with Gasteiger partial charge in [-0.05, 0) is 41.1 Å². The fraction of sp³-hybridized carbons (Fsp3) is 0. The SMILES string of the molecule is Nc1cc2ccccc2cc1C(=O)Nc1cccc(Br)c1. The maximum absolute atomic E-state index is 12.4. The van der Waals surface area contributed by atoms with Gasteiger partial charge in [0.1, 0.15) is 0 Å². The third-order valence-electron chi connectivity index (χ3n) is 3.24. The van der Waals surface area contributed by atoms with Crippen LogP contribution in [-0.4, -0.2) is 5.91 Å². The highest BCUT2D eigenvalue weighted by Gasteiger charge is 2.11. The van der Waals surface area contributed by atoms with E-state index < -0.39 is 0 Å². The predicted octanol–water partition coefficient (Wildman–Crippen LogP) is 4.44. The van der Waals surface area contributed by atoms with Crippen LogP contribution in [0.4, 0.5) is 11.4 Å². The molecule has 0 saturated heterocycles. The van der Waals surface area contributed by atoms with Crippen molar-refractivity contribution in [3.8, 4) is 0 Å². The summed E-state index contributed by atoms with van der Waals surface area (Å²) in [7, 11) is 0. The Morgan fingerprint density at radius 3 is 2.38 bits per heavy atom. The van der Waals surface area contributed by atoms with Crippen molar-refractivity contribution < 1.29 is 4.79 Å². The second-order valence-electron chi connectivity index (χ2n) is 4.75. The molecule has 0 aliphatic heterocycles. The van der Waals surface area contributed by atoms with Gasteiger partial charge in [0.15, 0.2) is 0 Å². The van der Waals surface area contributed by atoms with E-state index in [-0.39, 0.29) is 5.91 Å². The Labute approximate surface area is 130 Å². The minimum absolute atomic E-state index is 0.212. The fourth-order valence-electron chi connectivity index (χ4n) is 2.22. The lowest BCUT2D eigenvalue weighted by Gasteiger charge is -2.09. The number of rotatable bonds is 2. The largest absolute Gasteiger partial charge is 0.398 e. The van der Waals surface area contributed by atoms with Crippen molar-refractivity contribution in [1.29, 1.82) is 0 Å². The molecular weight excluding hydrogens is 328 g/mol. The van der Waals surface area contributed by atoms with Crippen molar-refractivity contribution in [2.75, 3.05) is 11.1 Å². The number of fused-ring (bicyclic) bond motifs is 1. The second kappa shape index (κ2) is 5.58. The molecule has 3 N–H and O–H groups in total. The average molecular weight is 341 g/mol. The highest BCUT2D eigenvalue weighted by atomic mass is 79.9. The average Bonchev–Trinajstić information content (AvgIpc) is 2.46. The van der Waals surface area contributed by atoms with Gasteiger partial charge in [-0.25, -0.2) is 0 Å². The Hall–Kier alpha value is -2.33. The normalized spacial score (nSPS) is 10.5. The molecule has 0 aliphatic rings. The molecule has 104 valence electrons. The van der Waals surface area contributed by atoms with Crippen molar-refractivity contribution >= 4 is 44.0 Å². The number of anilines is 2. The first-order valence-electron chi connectivity index (χ1n) is 6.49. The Balaban J connectivity index is 1.96. The maximum Gasteiger partial charge on any atom is 0.257 e. The van der Waals surface area contributed by atoms with E-state index in [1.807, 2.05) is 60.7 Å². The van der Waals surface area contributed by atoms with Gasteiger partial charge in [0.05, 0.1) is 5.56 Å². The van der Waals surface area contributed by atoms with E-state index in [1.165, 1.54) is 0 Å². The van der Waals surface area contributed by atoms with Gasteiger partial charge in [-0.1, -0.05) is 46.3 Å². The summed E-state index contributed by atoms with van der Waals surface area (Å²) in [4.78, 5) is 12.4. The lowest BCUT2D eigenvalue weighted by molar-refractivity contribution is 0.102. The lowest BCUT2D eigenvalue weighted by Crippen LogP contribution is -2.14. The highest BCUT2D eigenvalue weighted by molar-refractivity contribution is 9.10. The van der Waals surface area contributed by atoms with Crippen LogP contribution in [0.3, 0.4) is 0 Å². The molecule has 0 heterocycles. The Morgan fingerprint density at radius 2 is 1.67 bits per heavy atom. The molecule has 1 amide bonds. The zero-order valence-corrected chi connectivity index (χ0v) is 12.7. The highest BCUT2D eigenvalue weighted by Crippen LogP contribution is 2.23. The summed E-state index contributed by atoms with van der Waals surface area (Å²) in [5, 5.41) is 4.87. The van der Waals surface area contributed by atoms with Crippen LogP contribution in [0.15, 0.2) is 65.1 Å². The van der Waals surface area contributed by atoms with Crippen molar-refractivity contribution in [3.63, 3.8) is 0 Å². The van der Waals surface area contributed by atoms with Gasteiger partial charge in [-0.15, -0.1) is 0 Å². The molecule has 0 unspecified atom stereocenters. The van der Waals surface area contributed by atoms with Crippen LogP contribution in [0.2, 0.25) is 0 Å². The monoisotopic (exact) mass is 340 g/mol. The number of nitrogens with one attached hydrogen (secondary N) is 1. The van der Waals surface area contributed by atoms with Gasteiger partial charge in [-0.2, -0.15) is 0 Å². The molecule has 3 rings (SSSR count). The van der Waals surface area contributed by atoms with Crippen LogP contribution in [-0.2, 0) is 0 Å². The lowest BCUT2D eigenvalue weighted by atomic mass is 10.0. The molecule has 0 radical (unpaired) electrons.